The normalized spacial score (nSPS) is 19.0. The number of pyridine rings is 1. The van der Waals surface area contributed by atoms with Gasteiger partial charge < -0.3 is 14.8 Å². The summed E-state index contributed by atoms with van der Waals surface area (Å²) in [7, 11) is 1.77. The predicted molar refractivity (Wildman–Crippen MR) is 119 cm³/mol. The first kappa shape index (κ1) is 21.4. The van der Waals surface area contributed by atoms with Crippen molar-refractivity contribution in [2.75, 3.05) is 38.7 Å². The van der Waals surface area contributed by atoms with Crippen LogP contribution in [0.25, 0.3) is 15.9 Å². The molecule has 1 unspecified atom stereocenters. The van der Waals surface area contributed by atoms with Gasteiger partial charge in [-0.3, -0.25) is 5.32 Å². The van der Waals surface area contributed by atoms with Crippen LogP contribution in [0.1, 0.15) is 32.3 Å². The van der Waals surface area contributed by atoms with Gasteiger partial charge in [0.1, 0.15) is 23.8 Å². The average Bonchev–Trinajstić information content (AvgIpc) is 3.38. The number of ether oxygens (including phenoxy) is 2. The Morgan fingerprint density at radius 3 is 2.97 bits per heavy atom. The molecule has 2 aliphatic rings. The van der Waals surface area contributed by atoms with Gasteiger partial charge in [-0.1, -0.05) is 11.3 Å². The van der Waals surface area contributed by atoms with E-state index in [9.17, 15) is 9.59 Å². The van der Waals surface area contributed by atoms with Crippen molar-refractivity contribution >= 4 is 50.0 Å². The molecule has 1 saturated heterocycles. The number of amides is 3. The summed E-state index contributed by atoms with van der Waals surface area (Å²) in [6, 6.07) is 1.58. The lowest BCUT2D eigenvalue weighted by Gasteiger charge is -2.16. The van der Waals surface area contributed by atoms with Crippen molar-refractivity contribution in [1.29, 1.82) is 0 Å². The van der Waals surface area contributed by atoms with Gasteiger partial charge >= 0.3 is 11.9 Å². The zero-order valence-corrected chi connectivity index (χ0v) is 18.7. The van der Waals surface area contributed by atoms with Crippen molar-refractivity contribution in [1.82, 2.24) is 15.3 Å². The van der Waals surface area contributed by atoms with Crippen molar-refractivity contribution in [3.8, 4) is 5.88 Å². The van der Waals surface area contributed by atoms with E-state index < -0.39 is 0 Å². The first-order valence-electron chi connectivity index (χ1n) is 10.3. The number of carbonyl (C=O) groups is 2. The van der Waals surface area contributed by atoms with Crippen LogP contribution in [0, 0.1) is 5.92 Å². The molecule has 31 heavy (non-hydrogen) atoms. The number of anilines is 1. The highest BCUT2D eigenvalue weighted by Crippen LogP contribution is 2.35. The van der Waals surface area contributed by atoms with E-state index in [1.54, 1.807) is 11.6 Å². The van der Waals surface area contributed by atoms with E-state index in [1.807, 2.05) is 26.0 Å². The number of nitrogens with one attached hydrogen (secondary N) is 2. The second-order valence-electron chi connectivity index (χ2n) is 7.65. The number of allylic oxidation sites excluding steroid dienone is 1. The lowest BCUT2D eigenvalue weighted by Crippen LogP contribution is -2.28. The Balaban J connectivity index is 1.70. The summed E-state index contributed by atoms with van der Waals surface area (Å²) in [5, 5.41) is 5.87. The van der Waals surface area contributed by atoms with Crippen LogP contribution in [-0.2, 0) is 9.53 Å². The van der Waals surface area contributed by atoms with Gasteiger partial charge in [0.05, 0.1) is 13.2 Å². The van der Waals surface area contributed by atoms with Gasteiger partial charge in [-0.15, -0.1) is 0 Å². The highest BCUT2D eigenvalue weighted by atomic mass is 32.1. The van der Waals surface area contributed by atoms with Gasteiger partial charge in [-0.25, -0.2) is 19.6 Å². The van der Waals surface area contributed by atoms with Crippen LogP contribution in [0.4, 0.5) is 9.93 Å². The summed E-state index contributed by atoms with van der Waals surface area (Å²) in [6.45, 7) is 6.19. The van der Waals surface area contributed by atoms with Crippen molar-refractivity contribution < 1.29 is 23.6 Å². The Bertz CT molecular complexity index is 1080. The molecule has 0 aromatic carbocycles. The fourth-order valence-corrected chi connectivity index (χ4v) is 4.32. The summed E-state index contributed by atoms with van der Waals surface area (Å²) in [6.07, 6.45) is 3.20. The van der Waals surface area contributed by atoms with E-state index in [0.717, 1.165) is 29.9 Å². The zero-order valence-electron chi connectivity index (χ0n) is 17.9. The van der Waals surface area contributed by atoms with Crippen LogP contribution in [0.5, 0.6) is 5.88 Å². The summed E-state index contributed by atoms with van der Waals surface area (Å²) in [5.74, 6) is 0.814. The maximum atomic E-state index is 12.4. The van der Waals surface area contributed by atoms with Crippen molar-refractivity contribution in [3.05, 3.63) is 17.7 Å². The summed E-state index contributed by atoms with van der Waals surface area (Å²) < 4.78 is 13.2. The van der Waals surface area contributed by atoms with E-state index in [4.69, 9.17) is 14.5 Å². The van der Waals surface area contributed by atoms with Crippen LogP contribution in [0.3, 0.4) is 0 Å². The molecule has 3 amide bonds. The van der Waals surface area contributed by atoms with Crippen LogP contribution in [0.2, 0.25) is 0 Å². The van der Waals surface area contributed by atoms with Gasteiger partial charge in [-0.05, 0) is 25.0 Å². The van der Waals surface area contributed by atoms with Gasteiger partial charge in [0.25, 0.3) is 0 Å². The smallest absolute Gasteiger partial charge is 0.391 e. The minimum Gasteiger partial charge on any atom is -0.477 e. The minimum absolute atomic E-state index is 0.0158. The van der Waals surface area contributed by atoms with Gasteiger partial charge in [0.15, 0.2) is 10.8 Å². The Hall–Kier alpha value is -2.85. The maximum Gasteiger partial charge on any atom is 0.391 e. The molecule has 0 spiro atoms. The summed E-state index contributed by atoms with van der Waals surface area (Å²) >= 11 is 1.28. The Kier molecular flexibility index (Phi) is 6.28. The molecule has 2 N–H and O–H groups in total. The van der Waals surface area contributed by atoms with Crippen LogP contribution in [0.15, 0.2) is 12.1 Å². The Morgan fingerprint density at radius 2 is 2.26 bits per heavy atom. The Labute approximate surface area is 184 Å². The molecule has 0 aliphatic carbocycles. The number of urea groups is 1. The number of nitrogens with zero attached hydrogens (tertiary/aromatic N) is 3. The molecule has 1 atom stereocenters. The molecule has 2 aromatic rings. The second kappa shape index (κ2) is 9.11. The molecule has 164 valence electrons. The molecule has 0 bridgehead atoms. The highest BCUT2D eigenvalue weighted by molar-refractivity contribution is 7.21. The monoisotopic (exact) mass is 444 g/mol. The second-order valence-corrected chi connectivity index (χ2v) is 8.63. The molecule has 1 fully saturated rings. The van der Waals surface area contributed by atoms with Crippen molar-refractivity contribution in [2.45, 2.75) is 26.7 Å². The van der Waals surface area contributed by atoms with E-state index in [0.29, 0.717) is 47.0 Å². The fourth-order valence-electron chi connectivity index (χ4n) is 3.51. The molecule has 4 rings (SSSR count). The first-order chi connectivity index (χ1) is 14.9. The molecule has 9 nitrogen and oxygen atoms in total. The highest BCUT2D eigenvalue weighted by Gasteiger charge is 2.27. The van der Waals surface area contributed by atoms with E-state index in [-0.39, 0.29) is 18.4 Å². The largest absolute Gasteiger partial charge is 0.477 e. The third-order valence-corrected chi connectivity index (χ3v) is 6.24. The van der Waals surface area contributed by atoms with Crippen LogP contribution >= 0.6 is 11.3 Å². The molecule has 2 aromatic heterocycles. The van der Waals surface area contributed by atoms with Crippen molar-refractivity contribution in [2.24, 2.45) is 5.92 Å². The first-order valence-corrected chi connectivity index (χ1v) is 11.1. The predicted octanol–water partition coefficient (Wildman–Crippen LogP) is 2.66. The van der Waals surface area contributed by atoms with Crippen LogP contribution < -0.4 is 15.4 Å². The summed E-state index contributed by atoms with van der Waals surface area (Å²) in [5.41, 5.74) is 3.10. The molecular weight excluding hydrogens is 418 g/mol. The van der Waals surface area contributed by atoms with Crippen molar-refractivity contribution in [3.63, 3.8) is 0 Å². The fraction of sp³-hybridized carbons (Fsp3) is 0.476. The Morgan fingerprint density at radius 1 is 1.42 bits per heavy atom. The number of aromatic nitrogens is 2. The number of carbonyl (C=O) groups excluding carboxylic acids is 2. The topological polar surface area (TPSA) is 105 Å². The third-order valence-electron chi connectivity index (χ3n) is 5.36. The molecule has 0 radical (unpaired) electrons. The zero-order chi connectivity index (χ0) is 22.0. The van der Waals surface area contributed by atoms with Gasteiger partial charge in [-0.2, -0.15) is 4.58 Å². The van der Waals surface area contributed by atoms with E-state index >= 15 is 0 Å². The number of hydrogen-bond donors (Lipinski definition) is 2. The minimum atomic E-state index is -0.312. The number of hydrogen-bond acceptors (Lipinski definition) is 7. The lowest BCUT2D eigenvalue weighted by atomic mass is 9.99. The quantitative estimate of drug-likeness (QED) is 0.664. The molecule has 0 saturated carbocycles. The molecule has 10 heteroatoms. The standard InChI is InChI=1S/C21H25N5O4S/c1-4-22-20(28)25-21-23-16-9-15(14-7-12(2)26(3)17(27)8-14)18(24-19(16)31-21)30-11-13-5-6-29-10-13/h7,9,13H,4-6,8,10-11H2,1-3H3,(H-,22,23,25,28)/p+1. The molecule has 4 heterocycles. The van der Waals surface area contributed by atoms with E-state index in [1.165, 1.54) is 11.3 Å². The number of fused-ring (bicyclic) bond motifs is 1. The van der Waals surface area contributed by atoms with Gasteiger partial charge in [0.2, 0.25) is 5.88 Å². The number of thiazole rings is 1. The van der Waals surface area contributed by atoms with Gasteiger partial charge in [0, 0.05) is 37.6 Å². The SMILES string of the molecule is CCNC(=O)Nc1nc2cc(C3=CC(C)=[N+](C)C(=O)C3)c(OCC3CCOC3)nc2s1. The lowest BCUT2D eigenvalue weighted by molar-refractivity contribution is -0.418. The molecule has 2 aliphatic heterocycles. The summed E-state index contributed by atoms with van der Waals surface area (Å²) in [4.78, 5) is 34.2. The molecular formula is C21H26N5O4S+. The maximum absolute atomic E-state index is 12.4. The van der Waals surface area contributed by atoms with E-state index in [2.05, 4.69) is 15.6 Å². The third kappa shape index (κ3) is 4.75. The average molecular weight is 445 g/mol. The van der Waals surface area contributed by atoms with Crippen LogP contribution in [-0.4, -0.2) is 65.6 Å². The number of rotatable bonds is 6.